The van der Waals surface area contributed by atoms with Crippen molar-refractivity contribution in [2.24, 2.45) is 0 Å². The highest BCUT2D eigenvalue weighted by Gasteiger charge is 2.16. The summed E-state index contributed by atoms with van der Waals surface area (Å²) in [4.78, 5) is 0. The number of rotatable bonds is 4. The number of aryl methyl sites for hydroxylation is 1. The van der Waals surface area contributed by atoms with Gasteiger partial charge in [-0.3, -0.25) is 0 Å². The molecule has 2 aromatic heterocycles. The third kappa shape index (κ3) is 2.49. The normalized spacial score (nSPS) is 12.9. The van der Waals surface area contributed by atoms with Gasteiger partial charge in [-0.2, -0.15) is 0 Å². The van der Waals surface area contributed by atoms with Crippen LogP contribution in [0.15, 0.2) is 28.0 Å². The molecule has 0 aromatic carbocycles. The summed E-state index contributed by atoms with van der Waals surface area (Å²) in [5.41, 5.74) is 1.27. The zero-order chi connectivity index (χ0) is 11.5. The van der Waals surface area contributed by atoms with E-state index in [0.717, 1.165) is 17.9 Å². The van der Waals surface area contributed by atoms with Crippen molar-refractivity contribution in [1.82, 2.24) is 5.32 Å². The first-order valence-corrected chi connectivity index (χ1v) is 7.20. The molecule has 2 heterocycles. The van der Waals surface area contributed by atoms with Crippen LogP contribution in [0, 0.1) is 2.88 Å². The van der Waals surface area contributed by atoms with Gasteiger partial charge in [0.25, 0.3) is 0 Å². The maximum Gasteiger partial charge on any atom is 0.125 e. The predicted molar refractivity (Wildman–Crippen MR) is 76.0 cm³/mol. The summed E-state index contributed by atoms with van der Waals surface area (Å²) < 4.78 is 7.09. The van der Waals surface area contributed by atoms with Crippen LogP contribution in [0.25, 0.3) is 0 Å². The molecule has 4 heteroatoms. The molecule has 1 atom stereocenters. The molecule has 0 radical (unpaired) electrons. The third-order valence-electron chi connectivity index (χ3n) is 2.53. The minimum atomic E-state index is 0.167. The van der Waals surface area contributed by atoms with Crippen LogP contribution in [-0.2, 0) is 6.42 Å². The molecule has 0 aliphatic rings. The standard InChI is InChI=1S/C12H14INOS/c1-3-9-4-5-10(15-9)12(14-2)8-6-11(13)16-7-8/h4-7,12,14H,3H2,1-2H3. The Morgan fingerprint density at radius 2 is 2.31 bits per heavy atom. The van der Waals surface area contributed by atoms with Gasteiger partial charge in [-0.1, -0.05) is 6.92 Å². The molecule has 86 valence electrons. The van der Waals surface area contributed by atoms with E-state index in [1.165, 1.54) is 8.45 Å². The topological polar surface area (TPSA) is 25.2 Å². The van der Waals surface area contributed by atoms with Crippen molar-refractivity contribution in [3.63, 3.8) is 0 Å². The first-order valence-electron chi connectivity index (χ1n) is 5.24. The van der Waals surface area contributed by atoms with Crippen LogP contribution < -0.4 is 5.32 Å². The van der Waals surface area contributed by atoms with Gasteiger partial charge in [-0.15, -0.1) is 11.3 Å². The van der Waals surface area contributed by atoms with Gasteiger partial charge in [0.2, 0.25) is 0 Å². The van der Waals surface area contributed by atoms with Gasteiger partial charge >= 0.3 is 0 Å². The van der Waals surface area contributed by atoms with Crippen molar-refractivity contribution in [3.8, 4) is 0 Å². The van der Waals surface area contributed by atoms with Gasteiger partial charge in [0, 0.05) is 6.42 Å². The van der Waals surface area contributed by atoms with Gasteiger partial charge < -0.3 is 9.73 Å². The predicted octanol–water partition coefficient (Wildman–Crippen LogP) is 3.82. The highest BCUT2D eigenvalue weighted by atomic mass is 127. The Kier molecular flexibility index (Phi) is 4.05. The van der Waals surface area contributed by atoms with E-state index in [0.29, 0.717) is 0 Å². The smallest absolute Gasteiger partial charge is 0.125 e. The van der Waals surface area contributed by atoms with Crippen LogP contribution in [0.5, 0.6) is 0 Å². The summed E-state index contributed by atoms with van der Waals surface area (Å²) in [6.07, 6.45) is 0.942. The summed E-state index contributed by atoms with van der Waals surface area (Å²) in [5, 5.41) is 5.47. The molecule has 0 bridgehead atoms. The van der Waals surface area contributed by atoms with Crippen LogP contribution in [-0.4, -0.2) is 7.05 Å². The number of furan rings is 1. The second kappa shape index (κ2) is 5.33. The maximum absolute atomic E-state index is 5.79. The molecule has 0 saturated carbocycles. The summed E-state index contributed by atoms with van der Waals surface area (Å²) in [5.74, 6) is 2.04. The number of hydrogen-bond donors (Lipinski definition) is 1. The van der Waals surface area contributed by atoms with Crippen LogP contribution in [0.1, 0.15) is 30.0 Å². The molecule has 2 aromatic rings. The van der Waals surface area contributed by atoms with E-state index in [4.69, 9.17) is 4.42 Å². The summed E-state index contributed by atoms with van der Waals surface area (Å²) in [6.45, 7) is 2.10. The molecule has 0 saturated heterocycles. The fourth-order valence-electron chi connectivity index (χ4n) is 1.69. The highest BCUT2D eigenvalue weighted by Crippen LogP contribution is 2.28. The molecular weight excluding hydrogens is 333 g/mol. The molecule has 2 rings (SSSR count). The second-order valence-electron chi connectivity index (χ2n) is 3.56. The first-order chi connectivity index (χ1) is 7.74. The van der Waals surface area contributed by atoms with E-state index in [2.05, 4.69) is 58.4 Å². The molecule has 0 aliphatic heterocycles. The molecule has 2 nitrogen and oxygen atoms in total. The number of thiophene rings is 1. The summed E-state index contributed by atoms with van der Waals surface area (Å²) in [7, 11) is 1.96. The Morgan fingerprint density at radius 1 is 1.50 bits per heavy atom. The quantitative estimate of drug-likeness (QED) is 0.851. The molecular formula is C12H14INOS. The van der Waals surface area contributed by atoms with Gasteiger partial charge in [0.05, 0.1) is 8.93 Å². The Labute approximate surface area is 113 Å². The van der Waals surface area contributed by atoms with E-state index >= 15 is 0 Å². The Morgan fingerprint density at radius 3 is 2.81 bits per heavy atom. The van der Waals surface area contributed by atoms with Crippen LogP contribution in [0.4, 0.5) is 0 Å². The maximum atomic E-state index is 5.79. The lowest BCUT2D eigenvalue weighted by Gasteiger charge is -2.11. The SMILES string of the molecule is CCc1ccc(C(NC)c2csc(I)c2)o1. The third-order valence-corrected chi connectivity index (χ3v) is 4.33. The lowest BCUT2D eigenvalue weighted by molar-refractivity contribution is 0.434. The van der Waals surface area contributed by atoms with E-state index in [1.807, 2.05) is 7.05 Å². The van der Waals surface area contributed by atoms with Crippen molar-refractivity contribution >= 4 is 33.9 Å². The molecule has 0 spiro atoms. The molecule has 0 fully saturated rings. The molecule has 1 unspecified atom stereocenters. The van der Waals surface area contributed by atoms with E-state index in [1.54, 1.807) is 11.3 Å². The number of halogens is 1. The average Bonchev–Trinajstić information content (AvgIpc) is 2.89. The van der Waals surface area contributed by atoms with Crippen molar-refractivity contribution in [1.29, 1.82) is 0 Å². The van der Waals surface area contributed by atoms with Gasteiger partial charge in [-0.05, 0) is 58.8 Å². The molecule has 1 N–H and O–H groups in total. The summed E-state index contributed by atoms with van der Waals surface area (Å²) in [6, 6.07) is 6.47. The van der Waals surface area contributed by atoms with Crippen LogP contribution in [0.2, 0.25) is 0 Å². The van der Waals surface area contributed by atoms with E-state index in [9.17, 15) is 0 Å². The van der Waals surface area contributed by atoms with E-state index < -0.39 is 0 Å². The molecule has 0 aliphatic carbocycles. The largest absolute Gasteiger partial charge is 0.464 e. The molecule has 0 amide bonds. The lowest BCUT2D eigenvalue weighted by Crippen LogP contribution is -2.16. The Bertz CT molecular complexity index is 463. The van der Waals surface area contributed by atoms with Crippen molar-refractivity contribution < 1.29 is 4.42 Å². The zero-order valence-corrected chi connectivity index (χ0v) is 12.3. The highest BCUT2D eigenvalue weighted by molar-refractivity contribution is 14.1. The summed E-state index contributed by atoms with van der Waals surface area (Å²) >= 11 is 4.10. The zero-order valence-electron chi connectivity index (χ0n) is 9.29. The molecule has 16 heavy (non-hydrogen) atoms. The Hall–Kier alpha value is -0.330. The van der Waals surface area contributed by atoms with Crippen molar-refractivity contribution in [2.75, 3.05) is 7.05 Å². The van der Waals surface area contributed by atoms with Crippen molar-refractivity contribution in [2.45, 2.75) is 19.4 Å². The lowest BCUT2D eigenvalue weighted by atomic mass is 10.1. The minimum absolute atomic E-state index is 0.167. The fraction of sp³-hybridized carbons (Fsp3) is 0.333. The Balaban J connectivity index is 2.28. The monoisotopic (exact) mass is 347 g/mol. The van der Waals surface area contributed by atoms with E-state index in [-0.39, 0.29) is 6.04 Å². The average molecular weight is 347 g/mol. The number of hydrogen-bond acceptors (Lipinski definition) is 3. The van der Waals surface area contributed by atoms with Gasteiger partial charge in [0.1, 0.15) is 11.5 Å². The number of nitrogens with one attached hydrogen (secondary N) is 1. The van der Waals surface area contributed by atoms with Crippen LogP contribution in [0.3, 0.4) is 0 Å². The van der Waals surface area contributed by atoms with Crippen molar-refractivity contribution in [3.05, 3.63) is 43.5 Å². The second-order valence-corrected chi connectivity index (χ2v) is 6.37. The van der Waals surface area contributed by atoms with Crippen LogP contribution >= 0.6 is 33.9 Å². The fourth-order valence-corrected chi connectivity index (χ4v) is 3.09. The van der Waals surface area contributed by atoms with Gasteiger partial charge in [-0.25, -0.2) is 0 Å². The first kappa shape index (κ1) is 12.1. The van der Waals surface area contributed by atoms with Gasteiger partial charge in [0.15, 0.2) is 0 Å². The minimum Gasteiger partial charge on any atom is -0.464 e.